The molecule has 6 heterocycles. The molecule has 0 saturated carbocycles. The predicted molar refractivity (Wildman–Crippen MR) is 161 cm³/mol. The predicted octanol–water partition coefficient (Wildman–Crippen LogP) is 4.88. The topological polar surface area (TPSA) is 148 Å². The zero-order valence-electron chi connectivity index (χ0n) is 24.1. The van der Waals surface area contributed by atoms with Gasteiger partial charge in [-0.3, -0.25) is 9.88 Å². The van der Waals surface area contributed by atoms with E-state index in [0.29, 0.717) is 22.2 Å². The Morgan fingerprint density at radius 1 is 1.27 bits per heavy atom. The van der Waals surface area contributed by atoms with Crippen LogP contribution in [0.2, 0.25) is 0 Å². The minimum atomic E-state index is -0.986. The lowest BCUT2D eigenvalue weighted by Gasteiger charge is -2.26. The number of nitrogens with two attached hydrogens (primary N) is 1. The maximum absolute atomic E-state index is 17.0. The molecular formula is C30H26F3N9O2S. The van der Waals surface area contributed by atoms with Crippen LogP contribution in [0.4, 0.5) is 24.0 Å². The highest BCUT2D eigenvalue weighted by Gasteiger charge is 2.36. The number of rotatable bonds is 7. The number of likely N-dealkylation sites (tertiary alicyclic amines) is 1. The number of nitrogens with one attached hydrogen (secondary N) is 1. The third-order valence-corrected chi connectivity index (χ3v) is 9.30. The molecular weight excluding hydrogens is 607 g/mol. The van der Waals surface area contributed by atoms with Gasteiger partial charge >= 0.3 is 6.01 Å². The van der Waals surface area contributed by atoms with Gasteiger partial charge < -0.3 is 20.5 Å². The Bertz CT molecular complexity index is 2000. The van der Waals surface area contributed by atoms with E-state index in [2.05, 4.69) is 30.5 Å². The summed E-state index contributed by atoms with van der Waals surface area (Å²) in [6, 6.07) is 5.18. The number of nitriles is 1. The number of pyridine rings is 1. The number of halogens is 3. The van der Waals surface area contributed by atoms with Gasteiger partial charge in [0.15, 0.2) is 11.6 Å². The molecule has 0 radical (unpaired) electrons. The molecule has 1 aromatic carbocycles. The molecule has 4 aromatic heterocycles. The second-order valence-corrected chi connectivity index (χ2v) is 12.1. The van der Waals surface area contributed by atoms with Gasteiger partial charge in [-0.25, -0.2) is 13.2 Å². The first-order chi connectivity index (χ1) is 21.7. The van der Waals surface area contributed by atoms with Crippen LogP contribution in [-0.4, -0.2) is 62.0 Å². The van der Waals surface area contributed by atoms with E-state index in [1.807, 2.05) is 18.0 Å². The molecule has 3 atom stereocenters. The van der Waals surface area contributed by atoms with Crippen molar-refractivity contribution in [1.82, 2.24) is 30.0 Å². The van der Waals surface area contributed by atoms with Crippen molar-refractivity contribution in [2.45, 2.75) is 51.4 Å². The number of aromatic nitrogens is 5. The average Bonchev–Trinajstić information content (AvgIpc) is 3.74. The van der Waals surface area contributed by atoms with E-state index in [4.69, 9.17) is 15.2 Å². The van der Waals surface area contributed by atoms with Crippen LogP contribution in [0.5, 0.6) is 6.01 Å². The van der Waals surface area contributed by atoms with E-state index in [1.165, 1.54) is 0 Å². The van der Waals surface area contributed by atoms with Gasteiger partial charge in [0.25, 0.3) is 0 Å². The van der Waals surface area contributed by atoms with Gasteiger partial charge in [-0.05, 0) is 43.7 Å². The molecule has 0 bridgehead atoms. The Morgan fingerprint density at radius 2 is 2.09 bits per heavy atom. The lowest BCUT2D eigenvalue weighted by Crippen LogP contribution is -2.38. The van der Waals surface area contributed by atoms with Gasteiger partial charge in [0.2, 0.25) is 0 Å². The summed E-state index contributed by atoms with van der Waals surface area (Å²) in [7, 11) is 1.82. The van der Waals surface area contributed by atoms with Crippen LogP contribution in [0.15, 0.2) is 24.5 Å². The monoisotopic (exact) mass is 633 g/mol. The van der Waals surface area contributed by atoms with Gasteiger partial charge in [0.05, 0.1) is 53.0 Å². The maximum Gasteiger partial charge on any atom is 0.319 e. The van der Waals surface area contributed by atoms with Crippen molar-refractivity contribution in [3.63, 3.8) is 0 Å². The molecule has 15 heteroatoms. The van der Waals surface area contributed by atoms with Crippen molar-refractivity contribution < 1.29 is 22.6 Å². The standard InChI is InChI=1S/C30H26F3N9O2S/c1-13(20-6-14(31)10-42(20)2)44-30-39-26-23(29(40-30)37-8-15-4-3-5-38-41-15)18-12-43-11-17(18)21(24(26)33)25-22-16(7-34)28(35)45-27(22)19(32)9-36-25/h3-5,9,13-14,20H,6,8,10-12,35H2,1-2H3,(H,37,39,40)/t13-,14+,20-/m0/s1. The smallest absolute Gasteiger partial charge is 0.319 e. The van der Waals surface area contributed by atoms with Crippen molar-refractivity contribution in [1.29, 1.82) is 5.26 Å². The minimum absolute atomic E-state index is 0.0165. The Morgan fingerprint density at radius 3 is 2.82 bits per heavy atom. The number of anilines is 2. The van der Waals surface area contributed by atoms with Crippen LogP contribution in [-0.2, 0) is 24.5 Å². The highest BCUT2D eigenvalue weighted by molar-refractivity contribution is 7.23. The van der Waals surface area contributed by atoms with E-state index < -0.39 is 23.9 Å². The number of hydrogen-bond acceptors (Lipinski definition) is 12. The molecule has 0 unspecified atom stereocenters. The average molecular weight is 634 g/mol. The number of benzene rings is 1. The van der Waals surface area contributed by atoms with Crippen LogP contribution in [0.3, 0.4) is 0 Å². The highest BCUT2D eigenvalue weighted by Crippen LogP contribution is 2.46. The number of hydrogen-bond donors (Lipinski definition) is 2. The first kappa shape index (κ1) is 29.1. The molecule has 230 valence electrons. The van der Waals surface area contributed by atoms with Crippen molar-refractivity contribution in [2.24, 2.45) is 0 Å². The van der Waals surface area contributed by atoms with Crippen LogP contribution >= 0.6 is 11.3 Å². The second kappa shape index (κ2) is 11.4. The number of ether oxygens (including phenoxy) is 2. The fourth-order valence-corrected chi connectivity index (χ4v) is 7.11. The van der Waals surface area contributed by atoms with Gasteiger partial charge in [0.1, 0.15) is 34.7 Å². The van der Waals surface area contributed by atoms with Crippen LogP contribution < -0.4 is 15.8 Å². The van der Waals surface area contributed by atoms with E-state index in [0.717, 1.165) is 17.5 Å². The maximum atomic E-state index is 17.0. The van der Waals surface area contributed by atoms with Crippen molar-refractivity contribution >= 4 is 43.1 Å². The fraction of sp³-hybridized carbons (Fsp3) is 0.333. The van der Waals surface area contributed by atoms with Crippen molar-refractivity contribution in [3.05, 3.63) is 58.5 Å². The SMILES string of the molecule is C[C@H](Oc1nc(NCc2cccnn2)c2c3c(c(-c4ncc(F)c5sc(N)c(C#N)c45)c(F)c2n1)COC3)[C@@H]1C[C@@H](F)CN1C. The van der Waals surface area contributed by atoms with E-state index in [-0.39, 0.29) is 88.0 Å². The molecule has 7 rings (SSSR count). The summed E-state index contributed by atoms with van der Waals surface area (Å²) in [5, 5.41) is 21.7. The molecule has 3 N–H and O–H groups in total. The summed E-state index contributed by atoms with van der Waals surface area (Å²) >= 11 is 0.899. The Balaban J connectivity index is 1.43. The van der Waals surface area contributed by atoms with Crippen molar-refractivity contribution in [3.8, 4) is 23.3 Å². The summed E-state index contributed by atoms with van der Waals surface area (Å²) in [6.07, 6.45) is 1.32. The zero-order chi connectivity index (χ0) is 31.4. The molecule has 0 aliphatic carbocycles. The van der Waals surface area contributed by atoms with Gasteiger partial charge in [-0.15, -0.1) is 11.3 Å². The highest BCUT2D eigenvalue weighted by atomic mass is 32.1. The van der Waals surface area contributed by atoms with E-state index in [9.17, 15) is 14.0 Å². The number of fused-ring (bicyclic) bond motifs is 4. The number of alkyl halides is 1. The molecule has 5 aromatic rings. The fourth-order valence-electron chi connectivity index (χ4n) is 6.19. The lowest BCUT2D eigenvalue weighted by atomic mass is 9.93. The minimum Gasteiger partial charge on any atom is -0.459 e. The zero-order valence-corrected chi connectivity index (χ0v) is 25.0. The largest absolute Gasteiger partial charge is 0.459 e. The van der Waals surface area contributed by atoms with Gasteiger partial charge in [0, 0.05) is 29.7 Å². The molecule has 0 spiro atoms. The Hall–Kier alpha value is -4.65. The van der Waals surface area contributed by atoms with Crippen LogP contribution in [0.25, 0.3) is 32.2 Å². The molecule has 2 aliphatic heterocycles. The third-order valence-electron chi connectivity index (χ3n) is 8.27. The quantitative estimate of drug-likeness (QED) is 0.253. The Kier molecular flexibility index (Phi) is 7.35. The molecule has 0 amide bonds. The lowest BCUT2D eigenvalue weighted by molar-refractivity contribution is 0.112. The van der Waals surface area contributed by atoms with E-state index >= 15 is 4.39 Å². The molecule has 2 aliphatic rings. The van der Waals surface area contributed by atoms with Crippen molar-refractivity contribution in [2.75, 3.05) is 24.6 Å². The molecule has 11 nitrogen and oxygen atoms in total. The number of nitrogen functional groups attached to an aromatic ring is 1. The van der Waals surface area contributed by atoms with Gasteiger partial charge in [-0.2, -0.15) is 25.4 Å². The Labute approximate surface area is 258 Å². The first-order valence-corrected chi connectivity index (χ1v) is 15.0. The van der Waals surface area contributed by atoms with Gasteiger partial charge in [-0.1, -0.05) is 0 Å². The third kappa shape index (κ3) is 4.95. The summed E-state index contributed by atoms with van der Waals surface area (Å²) in [4.78, 5) is 15.3. The number of nitrogens with zero attached hydrogens (tertiary/aromatic N) is 7. The second-order valence-electron chi connectivity index (χ2n) is 11.1. The summed E-state index contributed by atoms with van der Waals surface area (Å²) < 4.78 is 58.1. The number of likely N-dealkylation sites (N-methyl/N-ethyl adjacent to an activating group) is 1. The molecule has 1 fully saturated rings. The summed E-state index contributed by atoms with van der Waals surface area (Å²) in [6.45, 7) is 2.44. The molecule has 45 heavy (non-hydrogen) atoms. The summed E-state index contributed by atoms with van der Waals surface area (Å²) in [5.74, 6) is -1.17. The van der Waals surface area contributed by atoms with Crippen LogP contribution in [0, 0.1) is 23.0 Å². The number of thiophene rings is 1. The molecule has 1 saturated heterocycles. The van der Waals surface area contributed by atoms with E-state index in [1.54, 1.807) is 25.3 Å². The van der Waals surface area contributed by atoms with Crippen LogP contribution in [0.1, 0.15) is 35.7 Å². The summed E-state index contributed by atoms with van der Waals surface area (Å²) in [5.41, 5.74) is 7.78. The normalized spacial score (nSPS) is 18.8. The first-order valence-electron chi connectivity index (χ1n) is 14.2.